The summed E-state index contributed by atoms with van der Waals surface area (Å²) < 4.78 is 4.29. The van der Waals surface area contributed by atoms with Crippen molar-refractivity contribution >= 4 is 27.2 Å². The average Bonchev–Trinajstić information content (AvgIpc) is 3.13. The van der Waals surface area contributed by atoms with Crippen LogP contribution in [0.4, 0.5) is 0 Å². The Balaban J connectivity index is 1.73. The third-order valence-corrected chi connectivity index (χ3v) is 4.32. The molecule has 4 rings (SSSR count). The van der Waals surface area contributed by atoms with Crippen LogP contribution >= 0.6 is 11.3 Å². The Morgan fingerprint density at radius 1 is 1.20 bits per heavy atom. The minimum atomic E-state index is 0.582. The molecule has 4 aromatic rings. The predicted octanol–water partition coefficient (Wildman–Crippen LogP) is 2.86. The average molecular weight is 282 g/mol. The molecule has 0 amide bonds. The molecule has 0 unspecified atom stereocenters. The van der Waals surface area contributed by atoms with Crippen molar-refractivity contribution in [2.75, 3.05) is 0 Å². The van der Waals surface area contributed by atoms with Gasteiger partial charge in [-0.15, -0.1) is 11.3 Å². The molecule has 0 spiro atoms. The number of thiazole rings is 1. The Morgan fingerprint density at radius 3 is 3.00 bits per heavy atom. The summed E-state index contributed by atoms with van der Waals surface area (Å²) in [7, 11) is 0. The maximum Gasteiger partial charge on any atom is 0.193 e. The van der Waals surface area contributed by atoms with E-state index in [4.69, 9.17) is 5.73 Å². The first-order valence-corrected chi connectivity index (χ1v) is 7.40. The van der Waals surface area contributed by atoms with Crippen LogP contribution in [0.3, 0.4) is 0 Å². The number of nitrogens with zero attached hydrogens (tertiary/aromatic N) is 3. The molecule has 0 aliphatic heterocycles. The van der Waals surface area contributed by atoms with Crippen molar-refractivity contribution in [3.05, 3.63) is 59.5 Å². The molecule has 0 aliphatic rings. The van der Waals surface area contributed by atoms with Gasteiger partial charge in [0.25, 0.3) is 0 Å². The summed E-state index contributed by atoms with van der Waals surface area (Å²) in [6.07, 6.45) is 6.24. The normalized spacial score (nSPS) is 11.7. The third kappa shape index (κ3) is 1.83. The van der Waals surface area contributed by atoms with Gasteiger partial charge in [0.2, 0.25) is 0 Å². The second-order valence-corrected chi connectivity index (χ2v) is 5.74. The van der Waals surface area contributed by atoms with E-state index in [-0.39, 0.29) is 0 Å². The first kappa shape index (κ1) is 11.7. The van der Waals surface area contributed by atoms with Crippen molar-refractivity contribution in [1.82, 2.24) is 14.0 Å². The number of rotatable bonds is 3. The lowest BCUT2D eigenvalue weighted by molar-refractivity contribution is 0.815. The molecular weight excluding hydrogens is 268 g/mol. The topological polar surface area (TPSA) is 48.2 Å². The van der Waals surface area contributed by atoms with Crippen molar-refractivity contribution < 1.29 is 0 Å². The van der Waals surface area contributed by atoms with Gasteiger partial charge in [-0.2, -0.15) is 0 Å². The predicted molar refractivity (Wildman–Crippen MR) is 82.0 cm³/mol. The summed E-state index contributed by atoms with van der Waals surface area (Å²) in [4.78, 5) is 5.67. The molecule has 3 heterocycles. The van der Waals surface area contributed by atoms with Crippen molar-refractivity contribution in [2.45, 2.75) is 13.1 Å². The quantitative estimate of drug-likeness (QED) is 0.628. The summed E-state index contributed by atoms with van der Waals surface area (Å²) in [5.41, 5.74) is 9.15. The molecule has 0 radical (unpaired) electrons. The van der Waals surface area contributed by atoms with Crippen molar-refractivity contribution in [2.24, 2.45) is 5.73 Å². The van der Waals surface area contributed by atoms with E-state index in [1.807, 2.05) is 11.6 Å². The summed E-state index contributed by atoms with van der Waals surface area (Å²) in [6.45, 7) is 1.37. The van der Waals surface area contributed by atoms with Gasteiger partial charge in [0.1, 0.15) is 0 Å². The fourth-order valence-corrected chi connectivity index (χ4v) is 3.26. The van der Waals surface area contributed by atoms with E-state index in [1.54, 1.807) is 11.3 Å². The molecule has 0 saturated carbocycles. The zero-order chi connectivity index (χ0) is 13.5. The van der Waals surface area contributed by atoms with Crippen LogP contribution in [0.5, 0.6) is 0 Å². The maximum atomic E-state index is 5.68. The van der Waals surface area contributed by atoms with E-state index in [9.17, 15) is 0 Å². The fraction of sp³-hybridized carbons (Fsp3) is 0.133. The summed E-state index contributed by atoms with van der Waals surface area (Å²) in [6, 6.07) is 8.50. The lowest BCUT2D eigenvalue weighted by atomic mass is 10.1. The summed E-state index contributed by atoms with van der Waals surface area (Å²) in [5, 5.41) is 3.28. The molecule has 4 nitrogen and oxygen atoms in total. The maximum absolute atomic E-state index is 5.68. The molecule has 2 N–H and O–H groups in total. The van der Waals surface area contributed by atoms with Gasteiger partial charge in [-0.25, -0.2) is 4.98 Å². The zero-order valence-electron chi connectivity index (χ0n) is 10.9. The molecule has 0 bridgehead atoms. The highest BCUT2D eigenvalue weighted by Crippen LogP contribution is 2.19. The van der Waals surface area contributed by atoms with Gasteiger partial charge in [-0.1, -0.05) is 6.07 Å². The highest BCUT2D eigenvalue weighted by Gasteiger charge is 2.06. The number of benzene rings is 1. The minimum absolute atomic E-state index is 0.582. The monoisotopic (exact) mass is 282 g/mol. The Labute approximate surface area is 120 Å². The Hall–Kier alpha value is -2.11. The molecule has 0 saturated heterocycles. The lowest BCUT2D eigenvalue weighted by Crippen LogP contribution is -1.99. The first-order chi connectivity index (χ1) is 9.83. The molecule has 100 valence electrons. The molecule has 20 heavy (non-hydrogen) atoms. The van der Waals surface area contributed by atoms with E-state index in [2.05, 4.69) is 50.6 Å². The summed E-state index contributed by atoms with van der Waals surface area (Å²) in [5.74, 6) is 0. The number of hydrogen-bond acceptors (Lipinski definition) is 3. The Kier molecular flexibility index (Phi) is 2.61. The molecule has 1 aromatic carbocycles. The van der Waals surface area contributed by atoms with E-state index < -0.39 is 0 Å². The van der Waals surface area contributed by atoms with Gasteiger partial charge >= 0.3 is 0 Å². The van der Waals surface area contributed by atoms with Crippen molar-refractivity contribution in [3.63, 3.8) is 0 Å². The van der Waals surface area contributed by atoms with E-state index in [1.165, 1.54) is 10.9 Å². The largest absolute Gasteiger partial charge is 0.341 e. The fourth-order valence-electron chi connectivity index (χ4n) is 2.54. The second-order valence-electron chi connectivity index (χ2n) is 4.87. The first-order valence-electron chi connectivity index (χ1n) is 6.52. The number of nitrogens with two attached hydrogens (primary N) is 1. The van der Waals surface area contributed by atoms with Crippen LogP contribution in [0.2, 0.25) is 0 Å². The number of aromatic nitrogens is 3. The number of fused-ring (bicyclic) bond motifs is 2. The highest BCUT2D eigenvalue weighted by molar-refractivity contribution is 7.15. The molecular formula is C15H14N4S. The number of hydrogen-bond donors (Lipinski definition) is 1. The van der Waals surface area contributed by atoms with Crippen LogP contribution in [0.15, 0.2) is 48.2 Å². The van der Waals surface area contributed by atoms with E-state index >= 15 is 0 Å². The molecule has 0 fully saturated rings. The second kappa shape index (κ2) is 4.47. The standard InChI is InChI=1S/C15H14N4S/c16-8-11-1-2-14-12(7-11)3-4-18(14)9-13-10-19-5-6-20-15(19)17-13/h1-7,10H,8-9,16H2. The van der Waals surface area contributed by atoms with Gasteiger partial charge in [0.15, 0.2) is 4.96 Å². The van der Waals surface area contributed by atoms with Crippen LogP contribution < -0.4 is 5.73 Å². The Bertz CT molecular complexity index is 855. The molecule has 3 aromatic heterocycles. The van der Waals surface area contributed by atoms with Crippen LogP contribution in [-0.4, -0.2) is 14.0 Å². The highest BCUT2D eigenvalue weighted by atomic mass is 32.1. The van der Waals surface area contributed by atoms with Crippen LogP contribution in [0.25, 0.3) is 15.9 Å². The van der Waals surface area contributed by atoms with Crippen molar-refractivity contribution in [3.8, 4) is 0 Å². The minimum Gasteiger partial charge on any atom is -0.341 e. The van der Waals surface area contributed by atoms with E-state index in [0.29, 0.717) is 6.54 Å². The van der Waals surface area contributed by atoms with Crippen LogP contribution in [0, 0.1) is 0 Å². The van der Waals surface area contributed by atoms with Gasteiger partial charge in [-0.05, 0) is 29.1 Å². The SMILES string of the molecule is NCc1ccc2c(ccn2Cc2cn3ccsc3n2)c1. The molecule has 0 atom stereocenters. The van der Waals surface area contributed by atoms with Gasteiger partial charge in [0, 0.05) is 36.0 Å². The van der Waals surface area contributed by atoms with Crippen LogP contribution in [-0.2, 0) is 13.1 Å². The molecule has 0 aliphatic carbocycles. The molecule has 5 heteroatoms. The van der Waals surface area contributed by atoms with Crippen molar-refractivity contribution in [1.29, 1.82) is 0 Å². The van der Waals surface area contributed by atoms with E-state index in [0.717, 1.165) is 22.8 Å². The van der Waals surface area contributed by atoms with Gasteiger partial charge in [-0.3, -0.25) is 4.40 Å². The summed E-state index contributed by atoms with van der Waals surface area (Å²) >= 11 is 1.66. The smallest absolute Gasteiger partial charge is 0.193 e. The lowest BCUT2D eigenvalue weighted by Gasteiger charge is -2.03. The Morgan fingerprint density at radius 2 is 2.15 bits per heavy atom. The van der Waals surface area contributed by atoms with Gasteiger partial charge in [0.05, 0.1) is 12.2 Å². The number of imidazole rings is 1. The van der Waals surface area contributed by atoms with Gasteiger partial charge < -0.3 is 10.3 Å². The zero-order valence-corrected chi connectivity index (χ0v) is 11.7. The third-order valence-electron chi connectivity index (χ3n) is 3.55. The van der Waals surface area contributed by atoms with Crippen LogP contribution in [0.1, 0.15) is 11.3 Å².